The van der Waals surface area contributed by atoms with E-state index in [2.05, 4.69) is 6.92 Å². The van der Waals surface area contributed by atoms with Gasteiger partial charge in [0, 0.05) is 0 Å². The van der Waals surface area contributed by atoms with E-state index < -0.39 is 23.5 Å². The van der Waals surface area contributed by atoms with Crippen LogP contribution in [0.4, 0.5) is 0 Å². The number of hydrogen-bond donors (Lipinski definition) is 0. The molecule has 0 aliphatic carbocycles. The molecule has 0 fully saturated rings. The van der Waals surface area contributed by atoms with E-state index >= 15 is 0 Å². The van der Waals surface area contributed by atoms with Gasteiger partial charge in [-0.2, -0.15) is 0 Å². The smallest absolute Gasteiger partial charge is 0.320 e. The molecule has 0 rings (SSSR count). The van der Waals surface area contributed by atoms with E-state index in [0.29, 0.717) is 13.0 Å². The first-order chi connectivity index (χ1) is 12.3. The monoisotopic (exact) mass is 370 g/mol. The number of carbonyl (C=O) groups excluding carboxylic acids is 2. The highest BCUT2D eigenvalue weighted by Crippen LogP contribution is 2.19. The van der Waals surface area contributed by atoms with E-state index in [1.165, 1.54) is 38.5 Å². The Morgan fingerprint density at radius 2 is 1.23 bits per heavy atom. The van der Waals surface area contributed by atoms with Gasteiger partial charge in [-0.15, -0.1) is 0 Å². The maximum atomic E-state index is 12.4. The molecule has 0 aromatic rings. The van der Waals surface area contributed by atoms with Gasteiger partial charge in [-0.05, 0) is 33.6 Å². The fourth-order valence-electron chi connectivity index (χ4n) is 2.78. The van der Waals surface area contributed by atoms with Gasteiger partial charge in [0.1, 0.15) is 5.60 Å². The van der Waals surface area contributed by atoms with Gasteiger partial charge in [-0.3, -0.25) is 9.59 Å². The summed E-state index contributed by atoms with van der Waals surface area (Å²) in [7, 11) is 0. The summed E-state index contributed by atoms with van der Waals surface area (Å²) in [5.74, 6) is -1.65. The third-order valence-electron chi connectivity index (χ3n) is 4.31. The number of carbonyl (C=O) groups is 2. The third kappa shape index (κ3) is 14.1. The lowest BCUT2D eigenvalue weighted by atomic mass is 9.99. The summed E-state index contributed by atoms with van der Waals surface area (Å²) in [6.07, 6.45) is 13.2. The Hall–Kier alpha value is -1.06. The van der Waals surface area contributed by atoms with Gasteiger partial charge >= 0.3 is 11.9 Å². The summed E-state index contributed by atoms with van der Waals surface area (Å²) in [5, 5.41) is 0. The van der Waals surface area contributed by atoms with Crippen molar-refractivity contribution in [1.82, 2.24) is 0 Å². The molecule has 0 aliphatic heterocycles. The Morgan fingerprint density at radius 1 is 0.731 bits per heavy atom. The Bertz CT molecular complexity index is 371. The van der Waals surface area contributed by atoms with Crippen molar-refractivity contribution in [2.45, 2.75) is 117 Å². The van der Waals surface area contributed by atoms with Crippen LogP contribution in [0.25, 0.3) is 0 Å². The van der Waals surface area contributed by atoms with E-state index in [9.17, 15) is 9.59 Å². The summed E-state index contributed by atoms with van der Waals surface area (Å²) < 4.78 is 10.7. The number of rotatable bonds is 15. The molecule has 0 aromatic heterocycles. The van der Waals surface area contributed by atoms with E-state index in [0.717, 1.165) is 32.1 Å². The Kier molecular flexibility index (Phi) is 14.4. The van der Waals surface area contributed by atoms with E-state index in [1.54, 1.807) is 0 Å². The van der Waals surface area contributed by atoms with Gasteiger partial charge in [0.25, 0.3) is 0 Å². The van der Waals surface area contributed by atoms with Gasteiger partial charge in [0.2, 0.25) is 0 Å². The predicted molar refractivity (Wildman–Crippen MR) is 107 cm³/mol. The summed E-state index contributed by atoms with van der Waals surface area (Å²) in [5.41, 5.74) is -0.586. The maximum absolute atomic E-state index is 12.4. The van der Waals surface area contributed by atoms with E-state index in [4.69, 9.17) is 9.47 Å². The predicted octanol–water partition coefficient (Wildman–Crippen LogP) is 6.21. The van der Waals surface area contributed by atoms with Crippen molar-refractivity contribution in [2.24, 2.45) is 5.92 Å². The van der Waals surface area contributed by atoms with E-state index in [-0.39, 0.29) is 0 Å². The highest BCUT2D eigenvalue weighted by Gasteiger charge is 2.32. The fourth-order valence-corrected chi connectivity index (χ4v) is 2.78. The second kappa shape index (κ2) is 15.0. The van der Waals surface area contributed by atoms with Crippen LogP contribution in [0.2, 0.25) is 0 Å². The zero-order chi connectivity index (χ0) is 19.8. The van der Waals surface area contributed by atoms with Crippen LogP contribution in [0, 0.1) is 5.92 Å². The minimum atomic E-state index is -0.782. The maximum Gasteiger partial charge on any atom is 0.320 e. The molecule has 0 heterocycles. The topological polar surface area (TPSA) is 52.6 Å². The summed E-state index contributed by atoms with van der Waals surface area (Å²) in [6.45, 7) is 10.1. The largest absolute Gasteiger partial charge is 0.465 e. The normalized spacial score (nSPS) is 12.7. The first kappa shape index (κ1) is 24.9. The zero-order valence-electron chi connectivity index (χ0n) is 17.9. The molecule has 0 spiro atoms. The molecule has 0 aromatic carbocycles. The molecule has 4 nitrogen and oxygen atoms in total. The van der Waals surface area contributed by atoms with Crippen molar-refractivity contribution in [3.05, 3.63) is 0 Å². The number of hydrogen-bond acceptors (Lipinski definition) is 4. The molecule has 154 valence electrons. The third-order valence-corrected chi connectivity index (χ3v) is 4.31. The van der Waals surface area contributed by atoms with Crippen LogP contribution < -0.4 is 0 Å². The molecule has 0 radical (unpaired) electrons. The zero-order valence-corrected chi connectivity index (χ0v) is 17.9. The van der Waals surface area contributed by atoms with Crippen LogP contribution in [-0.2, 0) is 19.1 Å². The van der Waals surface area contributed by atoms with E-state index in [1.807, 2.05) is 27.7 Å². The molecular weight excluding hydrogens is 328 g/mol. The molecule has 26 heavy (non-hydrogen) atoms. The standard InChI is InChI=1S/C22H42O4/c1-6-8-10-11-12-13-14-15-16-17-19(20(23)25-18-9-7-2)21(24)26-22(3,4)5/h19H,6-18H2,1-5H3. The van der Waals surface area contributed by atoms with Crippen LogP contribution in [0.5, 0.6) is 0 Å². The first-order valence-corrected chi connectivity index (χ1v) is 10.7. The highest BCUT2D eigenvalue weighted by atomic mass is 16.6. The quantitative estimate of drug-likeness (QED) is 0.195. The minimum Gasteiger partial charge on any atom is -0.465 e. The van der Waals surface area contributed by atoms with Gasteiger partial charge in [-0.1, -0.05) is 78.1 Å². The van der Waals surface area contributed by atoms with Crippen molar-refractivity contribution in [2.75, 3.05) is 6.61 Å². The molecule has 0 N–H and O–H groups in total. The van der Waals surface area contributed by atoms with Crippen molar-refractivity contribution >= 4 is 11.9 Å². The Labute approximate surface area is 161 Å². The second-order valence-corrected chi connectivity index (χ2v) is 8.22. The van der Waals surface area contributed by atoms with Crippen molar-refractivity contribution < 1.29 is 19.1 Å². The summed E-state index contributed by atoms with van der Waals surface area (Å²) >= 11 is 0. The van der Waals surface area contributed by atoms with Gasteiger partial charge in [0.15, 0.2) is 5.92 Å². The van der Waals surface area contributed by atoms with Gasteiger partial charge in [0.05, 0.1) is 6.61 Å². The fraction of sp³-hybridized carbons (Fsp3) is 0.909. The van der Waals surface area contributed by atoms with Crippen LogP contribution in [0.15, 0.2) is 0 Å². The Balaban J connectivity index is 4.23. The SMILES string of the molecule is CCCCCCCCCCCC(C(=O)OCCCC)C(=O)OC(C)(C)C. The van der Waals surface area contributed by atoms with Gasteiger partial charge in [-0.25, -0.2) is 0 Å². The lowest BCUT2D eigenvalue weighted by Crippen LogP contribution is -2.34. The second-order valence-electron chi connectivity index (χ2n) is 8.22. The molecule has 0 bridgehead atoms. The number of esters is 2. The molecule has 0 amide bonds. The molecule has 1 atom stereocenters. The molecule has 0 aliphatic rings. The summed E-state index contributed by atoms with van der Waals surface area (Å²) in [6, 6.07) is 0. The van der Waals surface area contributed by atoms with Crippen LogP contribution in [0.1, 0.15) is 112 Å². The van der Waals surface area contributed by atoms with Crippen LogP contribution in [0.3, 0.4) is 0 Å². The lowest BCUT2D eigenvalue weighted by molar-refractivity contribution is -0.169. The molecule has 1 unspecified atom stereocenters. The van der Waals surface area contributed by atoms with Crippen molar-refractivity contribution in [3.63, 3.8) is 0 Å². The van der Waals surface area contributed by atoms with Crippen LogP contribution >= 0.6 is 0 Å². The van der Waals surface area contributed by atoms with Gasteiger partial charge < -0.3 is 9.47 Å². The van der Waals surface area contributed by atoms with Crippen molar-refractivity contribution in [1.29, 1.82) is 0 Å². The summed E-state index contributed by atoms with van der Waals surface area (Å²) in [4.78, 5) is 24.7. The Morgan fingerprint density at radius 3 is 1.73 bits per heavy atom. The lowest BCUT2D eigenvalue weighted by Gasteiger charge is -2.23. The molecule has 0 saturated heterocycles. The highest BCUT2D eigenvalue weighted by molar-refractivity contribution is 5.95. The minimum absolute atomic E-state index is 0.381. The number of ether oxygens (including phenoxy) is 2. The van der Waals surface area contributed by atoms with Crippen LogP contribution in [-0.4, -0.2) is 24.1 Å². The first-order valence-electron chi connectivity index (χ1n) is 10.7. The average Bonchev–Trinajstić information content (AvgIpc) is 2.55. The number of unbranched alkanes of at least 4 members (excludes halogenated alkanes) is 9. The molecular formula is C22H42O4. The molecule has 0 saturated carbocycles. The average molecular weight is 371 g/mol. The van der Waals surface area contributed by atoms with Crippen molar-refractivity contribution in [3.8, 4) is 0 Å². The molecule has 4 heteroatoms.